The number of nitrogens with zero attached hydrogens (tertiary/aromatic N) is 6. The number of benzene rings is 2. The van der Waals surface area contributed by atoms with Gasteiger partial charge in [0.1, 0.15) is 11.4 Å². The number of hydrogen-bond donors (Lipinski definition) is 4. The van der Waals surface area contributed by atoms with E-state index in [9.17, 15) is 19.2 Å². The highest BCUT2D eigenvalue weighted by atomic mass is 16.5. The number of methoxy groups -OCH3 is 1. The molecule has 3 amide bonds. The van der Waals surface area contributed by atoms with Gasteiger partial charge >= 0.3 is 0 Å². The highest BCUT2D eigenvalue weighted by molar-refractivity contribution is 6.06. The van der Waals surface area contributed by atoms with E-state index in [1.54, 1.807) is 78.6 Å². The number of rotatable bonds is 10. The van der Waals surface area contributed by atoms with Gasteiger partial charge in [-0.1, -0.05) is 12.2 Å². The lowest BCUT2D eigenvalue weighted by atomic mass is 10.1. The molecule has 2 aliphatic rings. The topological polar surface area (TPSA) is 206 Å². The van der Waals surface area contributed by atoms with Crippen LogP contribution >= 0.6 is 0 Å². The molecule has 0 bridgehead atoms. The lowest BCUT2D eigenvalue weighted by molar-refractivity contribution is -0.116. The minimum absolute atomic E-state index is 0.0525. The fourth-order valence-corrected chi connectivity index (χ4v) is 6.58. The van der Waals surface area contributed by atoms with Gasteiger partial charge in [0, 0.05) is 75.4 Å². The van der Waals surface area contributed by atoms with Crippen molar-refractivity contribution >= 4 is 63.6 Å². The van der Waals surface area contributed by atoms with Crippen LogP contribution in [0.15, 0.2) is 78.2 Å². The lowest BCUT2D eigenvalue weighted by Gasteiger charge is -2.29. The first kappa shape index (κ1) is 34.8. The zero-order valence-corrected chi connectivity index (χ0v) is 29.4. The van der Waals surface area contributed by atoms with E-state index in [2.05, 4.69) is 27.2 Å². The molecule has 16 nitrogen and oxygen atoms in total. The Morgan fingerprint density at radius 1 is 1.04 bits per heavy atom. The SMILES string of the molecule is C=C1CN2C(=O)c3cc(OC)c(OCCCC(=O)Nc4cn(C)c(C(=O)Nc5cc(C(=O)n6ccc7cc(N)ccc76)n(C)c5)n4)cc3N=C[C@]2(N)C1. The Labute approximate surface area is 303 Å². The lowest BCUT2D eigenvalue weighted by Crippen LogP contribution is -2.54. The quantitative estimate of drug-likeness (QED) is 0.0940. The van der Waals surface area contributed by atoms with Crippen LogP contribution in [0.5, 0.6) is 11.5 Å². The monoisotopic (exact) mass is 718 g/mol. The normalized spacial score (nSPS) is 16.3. The molecule has 1 atom stereocenters. The summed E-state index contributed by atoms with van der Waals surface area (Å²) in [5, 5.41) is 6.33. The number of aryl methyl sites for hydroxylation is 2. The van der Waals surface area contributed by atoms with Gasteiger partial charge in [-0.15, -0.1) is 0 Å². The summed E-state index contributed by atoms with van der Waals surface area (Å²) in [7, 11) is 4.82. The van der Waals surface area contributed by atoms with Crippen LogP contribution in [0.2, 0.25) is 0 Å². The first-order valence-electron chi connectivity index (χ1n) is 16.7. The third-order valence-electron chi connectivity index (χ3n) is 9.17. The third kappa shape index (κ3) is 6.62. The first-order chi connectivity index (χ1) is 25.3. The maximum atomic E-state index is 13.4. The number of nitrogens with two attached hydrogens (primary N) is 2. The molecule has 0 unspecified atom stereocenters. The predicted molar refractivity (Wildman–Crippen MR) is 199 cm³/mol. The number of anilines is 3. The Hall–Kier alpha value is -6.68. The van der Waals surface area contributed by atoms with Crippen LogP contribution in [0, 0.1) is 0 Å². The second-order valence-corrected chi connectivity index (χ2v) is 13.1. The molecule has 53 heavy (non-hydrogen) atoms. The molecule has 6 N–H and O–H groups in total. The van der Waals surface area contributed by atoms with Crippen molar-refractivity contribution in [3.8, 4) is 11.5 Å². The Bertz CT molecular complexity index is 2370. The number of aromatic nitrogens is 4. The number of nitrogen functional groups attached to an aromatic ring is 1. The molecule has 2 aliphatic heterocycles. The van der Waals surface area contributed by atoms with Crippen molar-refractivity contribution in [2.75, 3.05) is 36.6 Å². The molecule has 7 rings (SSSR count). The predicted octanol–water partition coefficient (Wildman–Crippen LogP) is 3.82. The Balaban J connectivity index is 0.936. The second-order valence-electron chi connectivity index (χ2n) is 13.1. The Kier molecular flexibility index (Phi) is 8.83. The molecule has 3 aromatic heterocycles. The molecular weight excluding hydrogens is 680 g/mol. The molecule has 0 saturated carbocycles. The maximum absolute atomic E-state index is 13.4. The second kappa shape index (κ2) is 13.5. The smallest absolute Gasteiger partial charge is 0.291 e. The van der Waals surface area contributed by atoms with Crippen molar-refractivity contribution < 1.29 is 28.7 Å². The van der Waals surface area contributed by atoms with Gasteiger partial charge < -0.3 is 45.6 Å². The molecule has 5 aromatic rings. The summed E-state index contributed by atoms with van der Waals surface area (Å²) in [5.41, 5.74) is 15.0. The standard InChI is InChI=1S/C37H38N10O6/c1-21-16-37(39)20-40-26-15-30(29(52-4)14-25(26)35(50)47(37)17-21)53-11-5-6-32(48)42-31-19-45(3)33(43-31)34(49)41-24-13-28(44(2)18-24)36(51)46-10-9-22-12-23(38)7-8-27(22)46/h7-10,12-15,18-20H,1,5-6,11,16-17,38-39H2,2-4H3,(H,41,49)(H,42,48)/t37-/m0/s1. The zero-order valence-electron chi connectivity index (χ0n) is 29.4. The Morgan fingerprint density at radius 2 is 1.85 bits per heavy atom. The van der Waals surface area contributed by atoms with Crippen LogP contribution in [-0.2, 0) is 18.9 Å². The van der Waals surface area contributed by atoms with E-state index < -0.39 is 11.6 Å². The number of carbonyl (C=O) groups excluding carboxylic acids is 4. The summed E-state index contributed by atoms with van der Waals surface area (Å²) in [5.74, 6) is -0.441. The van der Waals surface area contributed by atoms with Gasteiger partial charge in [-0.2, -0.15) is 0 Å². The largest absolute Gasteiger partial charge is 0.493 e. The van der Waals surface area contributed by atoms with E-state index in [0.717, 1.165) is 11.0 Å². The summed E-state index contributed by atoms with van der Waals surface area (Å²) < 4.78 is 16.1. The van der Waals surface area contributed by atoms with Gasteiger partial charge in [-0.3, -0.25) is 28.7 Å². The molecule has 2 aromatic carbocycles. The number of hydrogen-bond acceptors (Lipinski definition) is 10. The molecule has 1 fully saturated rings. The molecule has 272 valence electrons. The van der Waals surface area contributed by atoms with Crippen molar-refractivity contribution in [3.05, 3.63) is 90.3 Å². The molecule has 1 saturated heterocycles. The van der Waals surface area contributed by atoms with E-state index in [0.29, 0.717) is 64.7 Å². The van der Waals surface area contributed by atoms with Crippen LogP contribution in [-0.4, -0.2) is 79.4 Å². The number of aliphatic imine (C=N–C) groups is 1. The molecular formula is C37H38N10O6. The van der Waals surface area contributed by atoms with Crippen LogP contribution in [0.4, 0.5) is 22.9 Å². The van der Waals surface area contributed by atoms with E-state index in [4.69, 9.17) is 20.9 Å². The fraction of sp³-hybridized carbons (Fsp3) is 0.243. The summed E-state index contributed by atoms with van der Waals surface area (Å²) in [4.78, 5) is 63.0. The highest BCUT2D eigenvalue weighted by Crippen LogP contribution is 2.40. The number of imidazole rings is 1. The highest BCUT2D eigenvalue weighted by Gasteiger charge is 2.43. The number of amides is 3. The number of carbonyl (C=O) groups is 4. The third-order valence-corrected chi connectivity index (χ3v) is 9.17. The van der Waals surface area contributed by atoms with Crippen molar-refractivity contribution in [2.24, 2.45) is 24.8 Å². The zero-order chi connectivity index (χ0) is 37.6. The molecule has 0 spiro atoms. The summed E-state index contributed by atoms with van der Waals surface area (Å²) >= 11 is 0. The van der Waals surface area contributed by atoms with Gasteiger partial charge in [-0.25, -0.2) is 4.98 Å². The van der Waals surface area contributed by atoms with Crippen molar-refractivity contribution in [3.63, 3.8) is 0 Å². The van der Waals surface area contributed by atoms with Crippen LogP contribution in [0.25, 0.3) is 10.9 Å². The average Bonchev–Trinajstić information content (AvgIpc) is 3.87. The van der Waals surface area contributed by atoms with E-state index in [1.165, 1.54) is 22.4 Å². The van der Waals surface area contributed by atoms with Crippen LogP contribution in [0.1, 0.15) is 50.7 Å². The van der Waals surface area contributed by atoms with Gasteiger partial charge in [0.25, 0.3) is 17.7 Å². The first-order valence-corrected chi connectivity index (χ1v) is 16.7. The van der Waals surface area contributed by atoms with Gasteiger partial charge in [0.05, 0.1) is 36.2 Å². The van der Waals surface area contributed by atoms with E-state index >= 15 is 0 Å². The summed E-state index contributed by atoms with van der Waals surface area (Å²) in [6.07, 6.45) is 7.27. The van der Waals surface area contributed by atoms with Crippen molar-refractivity contribution in [1.29, 1.82) is 0 Å². The number of nitrogens with one attached hydrogen (secondary N) is 2. The van der Waals surface area contributed by atoms with Crippen molar-refractivity contribution in [1.82, 2.24) is 23.6 Å². The molecule has 0 radical (unpaired) electrons. The Morgan fingerprint density at radius 3 is 2.64 bits per heavy atom. The molecule has 0 aliphatic carbocycles. The minimum atomic E-state index is -1.04. The maximum Gasteiger partial charge on any atom is 0.291 e. The van der Waals surface area contributed by atoms with Gasteiger partial charge in [0.2, 0.25) is 11.7 Å². The summed E-state index contributed by atoms with van der Waals surface area (Å²) in [6.45, 7) is 4.49. The fourth-order valence-electron chi connectivity index (χ4n) is 6.58. The van der Waals surface area contributed by atoms with Crippen LogP contribution < -0.4 is 31.6 Å². The minimum Gasteiger partial charge on any atom is -0.493 e. The number of fused-ring (bicyclic) bond motifs is 3. The molecule has 5 heterocycles. The van der Waals surface area contributed by atoms with Crippen LogP contribution in [0.3, 0.4) is 0 Å². The average molecular weight is 719 g/mol. The number of ether oxygens (including phenoxy) is 2. The van der Waals surface area contributed by atoms with E-state index in [1.807, 2.05) is 6.07 Å². The van der Waals surface area contributed by atoms with E-state index in [-0.39, 0.29) is 42.4 Å². The molecule has 16 heteroatoms. The van der Waals surface area contributed by atoms with Gasteiger partial charge in [0.15, 0.2) is 17.3 Å². The summed E-state index contributed by atoms with van der Waals surface area (Å²) in [6, 6.07) is 11.9. The van der Waals surface area contributed by atoms with Gasteiger partial charge in [-0.05, 0) is 42.8 Å². The van der Waals surface area contributed by atoms with Crippen molar-refractivity contribution in [2.45, 2.75) is 24.9 Å².